The van der Waals surface area contributed by atoms with Gasteiger partial charge in [0.05, 0.1) is 0 Å². The third-order valence-corrected chi connectivity index (χ3v) is 5.54. The number of esters is 1. The Morgan fingerprint density at radius 1 is 1.11 bits per heavy atom. The van der Waals surface area contributed by atoms with Gasteiger partial charge in [-0.05, 0) is 49.8 Å². The molecule has 0 spiro atoms. The van der Waals surface area contributed by atoms with E-state index in [2.05, 4.69) is 5.32 Å². The lowest BCUT2D eigenvalue weighted by Gasteiger charge is -2.32. The smallest absolute Gasteiger partial charge is 0.308 e. The number of piperidine rings is 1. The summed E-state index contributed by atoms with van der Waals surface area (Å²) in [7, 11) is 0. The Kier molecular flexibility index (Phi) is 6.48. The van der Waals surface area contributed by atoms with Crippen LogP contribution in [-0.2, 0) is 9.59 Å². The monoisotopic (exact) mass is 372 g/mol. The van der Waals surface area contributed by atoms with Gasteiger partial charge in [0.25, 0.3) is 5.91 Å². The molecule has 1 aromatic carbocycles. The van der Waals surface area contributed by atoms with Gasteiger partial charge in [0, 0.05) is 38.0 Å². The van der Waals surface area contributed by atoms with Gasteiger partial charge in [-0.15, -0.1) is 0 Å². The molecule has 1 N–H and O–H groups in total. The first-order valence-electron chi connectivity index (χ1n) is 9.88. The molecule has 0 unspecified atom stereocenters. The van der Waals surface area contributed by atoms with Crippen molar-refractivity contribution in [3.63, 3.8) is 0 Å². The molecular formula is C21H28N2O4. The van der Waals surface area contributed by atoms with E-state index in [0.29, 0.717) is 36.9 Å². The van der Waals surface area contributed by atoms with E-state index >= 15 is 0 Å². The van der Waals surface area contributed by atoms with Gasteiger partial charge in [-0.2, -0.15) is 0 Å². The summed E-state index contributed by atoms with van der Waals surface area (Å²) in [5, 5.41) is 3.10. The van der Waals surface area contributed by atoms with Crippen LogP contribution >= 0.6 is 0 Å². The maximum atomic E-state index is 12.7. The van der Waals surface area contributed by atoms with E-state index in [1.807, 2.05) is 4.90 Å². The van der Waals surface area contributed by atoms with Crippen molar-refractivity contribution in [3.8, 4) is 5.75 Å². The van der Waals surface area contributed by atoms with E-state index in [-0.39, 0.29) is 17.7 Å². The van der Waals surface area contributed by atoms with Crippen molar-refractivity contribution in [2.75, 3.05) is 19.6 Å². The van der Waals surface area contributed by atoms with Gasteiger partial charge < -0.3 is 15.0 Å². The molecule has 6 heteroatoms. The molecule has 2 amide bonds. The molecule has 1 aliphatic heterocycles. The highest BCUT2D eigenvalue weighted by molar-refractivity contribution is 5.94. The normalized spacial score (nSPS) is 18.3. The van der Waals surface area contributed by atoms with E-state index in [4.69, 9.17) is 4.74 Å². The van der Waals surface area contributed by atoms with Gasteiger partial charge in [-0.25, -0.2) is 0 Å². The molecule has 0 bridgehead atoms. The summed E-state index contributed by atoms with van der Waals surface area (Å²) < 4.78 is 5.06. The highest BCUT2D eigenvalue weighted by Crippen LogP contribution is 2.25. The summed E-state index contributed by atoms with van der Waals surface area (Å²) in [6, 6.07) is 6.73. The lowest BCUT2D eigenvalue weighted by molar-refractivity contribution is -0.132. The molecule has 0 radical (unpaired) electrons. The average molecular weight is 372 g/mol. The summed E-state index contributed by atoms with van der Waals surface area (Å²) in [5.41, 5.74) is 0.529. The number of hydrogen-bond donors (Lipinski definition) is 1. The van der Waals surface area contributed by atoms with Crippen LogP contribution in [-0.4, -0.2) is 42.3 Å². The van der Waals surface area contributed by atoms with Crippen molar-refractivity contribution >= 4 is 17.8 Å². The summed E-state index contributed by atoms with van der Waals surface area (Å²) in [6.45, 7) is 3.41. The number of amides is 2. The Bertz CT molecular complexity index is 689. The van der Waals surface area contributed by atoms with Crippen LogP contribution in [0.4, 0.5) is 0 Å². The Hall–Kier alpha value is -2.37. The van der Waals surface area contributed by atoms with Crippen LogP contribution in [0.1, 0.15) is 55.8 Å². The van der Waals surface area contributed by atoms with E-state index < -0.39 is 5.97 Å². The number of likely N-dealkylation sites (tertiary alicyclic amines) is 1. The third-order valence-electron chi connectivity index (χ3n) is 5.54. The molecule has 146 valence electrons. The molecule has 0 atom stereocenters. The van der Waals surface area contributed by atoms with E-state index in [0.717, 1.165) is 38.5 Å². The van der Waals surface area contributed by atoms with Gasteiger partial charge in [-0.1, -0.05) is 18.9 Å². The Labute approximate surface area is 160 Å². The summed E-state index contributed by atoms with van der Waals surface area (Å²) in [5.74, 6) is 0.770. The number of carbonyl (C=O) groups excluding carboxylic acids is 3. The molecular weight excluding hydrogens is 344 g/mol. The Morgan fingerprint density at radius 3 is 2.48 bits per heavy atom. The Morgan fingerprint density at radius 2 is 1.81 bits per heavy atom. The first kappa shape index (κ1) is 19.4. The first-order valence-corrected chi connectivity index (χ1v) is 9.88. The van der Waals surface area contributed by atoms with Gasteiger partial charge in [0.2, 0.25) is 5.91 Å². The van der Waals surface area contributed by atoms with Crippen molar-refractivity contribution in [2.45, 2.75) is 45.4 Å². The van der Waals surface area contributed by atoms with Gasteiger partial charge in [-0.3, -0.25) is 14.4 Å². The zero-order valence-corrected chi connectivity index (χ0v) is 15.9. The molecule has 1 saturated carbocycles. The average Bonchev–Trinajstić information content (AvgIpc) is 3.20. The number of carbonyl (C=O) groups is 3. The molecule has 3 rings (SSSR count). The molecule has 1 saturated heterocycles. The predicted molar refractivity (Wildman–Crippen MR) is 101 cm³/mol. The quantitative estimate of drug-likeness (QED) is 0.637. The molecule has 1 aromatic rings. The zero-order valence-electron chi connectivity index (χ0n) is 15.9. The second-order valence-corrected chi connectivity index (χ2v) is 7.58. The number of nitrogens with zero attached hydrogens (tertiary/aromatic N) is 1. The second-order valence-electron chi connectivity index (χ2n) is 7.58. The first-order chi connectivity index (χ1) is 13.0. The number of hydrogen-bond acceptors (Lipinski definition) is 4. The van der Waals surface area contributed by atoms with E-state index in [1.54, 1.807) is 24.3 Å². The lowest BCUT2D eigenvalue weighted by Crippen LogP contribution is -2.42. The number of ether oxygens (including phenoxy) is 1. The van der Waals surface area contributed by atoms with Crippen molar-refractivity contribution in [3.05, 3.63) is 29.8 Å². The van der Waals surface area contributed by atoms with E-state index in [9.17, 15) is 14.4 Å². The molecule has 27 heavy (non-hydrogen) atoms. The Balaban J connectivity index is 1.46. The molecule has 2 aliphatic rings. The van der Waals surface area contributed by atoms with Crippen molar-refractivity contribution in [1.29, 1.82) is 0 Å². The minimum absolute atomic E-state index is 0.0440. The fourth-order valence-corrected chi connectivity index (χ4v) is 3.96. The van der Waals surface area contributed by atoms with Crippen LogP contribution in [0.3, 0.4) is 0 Å². The molecule has 1 heterocycles. The van der Waals surface area contributed by atoms with Crippen LogP contribution in [0.15, 0.2) is 24.3 Å². The number of nitrogens with one attached hydrogen (secondary N) is 1. The van der Waals surface area contributed by atoms with Crippen LogP contribution in [0, 0.1) is 11.8 Å². The summed E-state index contributed by atoms with van der Waals surface area (Å²) in [6.07, 6.45) is 6.14. The van der Waals surface area contributed by atoms with Crippen LogP contribution in [0.5, 0.6) is 5.75 Å². The van der Waals surface area contributed by atoms with E-state index in [1.165, 1.54) is 6.92 Å². The van der Waals surface area contributed by atoms with Crippen LogP contribution in [0.25, 0.3) is 0 Å². The highest BCUT2D eigenvalue weighted by Gasteiger charge is 2.26. The number of benzene rings is 1. The molecule has 2 fully saturated rings. The summed E-state index contributed by atoms with van der Waals surface area (Å²) >= 11 is 0. The predicted octanol–water partition coefficient (Wildman–Crippen LogP) is 2.77. The van der Waals surface area contributed by atoms with Crippen molar-refractivity contribution in [1.82, 2.24) is 10.2 Å². The topological polar surface area (TPSA) is 75.7 Å². The van der Waals surface area contributed by atoms with Crippen LogP contribution in [0.2, 0.25) is 0 Å². The standard InChI is InChI=1S/C21H28N2O4/c1-15(24)27-19-8-4-7-18(13-19)21(26)23-11-9-16(10-12-23)14-22-20(25)17-5-2-3-6-17/h4,7-8,13,16-17H,2-3,5-6,9-12,14H2,1H3,(H,22,25). The maximum Gasteiger partial charge on any atom is 0.308 e. The van der Waals surface area contributed by atoms with Gasteiger partial charge in [0.1, 0.15) is 5.75 Å². The minimum Gasteiger partial charge on any atom is -0.427 e. The molecule has 0 aromatic heterocycles. The number of rotatable bonds is 5. The summed E-state index contributed by atoms with van der Waals surface area (Å²) in [4.78, 5) is 37.8. The SMILES string of the molecule is CC(=O)Oc1cccc(C(=O)N2CCC(CNC(=O)C3CCCC3)CC2)c1. The largest absolute Gasteiger partial charge is 0.427 e. The fourth-order valence-electron chi connectivity index (χ4n) is 3.96. The minimum atomic E-state index is -0.403. The highest BCUT2D eigenvalue weighted by atomic mass is 16.5. The van der Waals surface area contributed by atoms with Crippen molar-refractivity contribution in [2.24, 2.45) is 11.8 Å². The maximum absolute atomic E-state index is 12.7. The van der Waals surface area contributed by atoms with Gasteiger partial charge >= 0.3 is 5.97 Å². The lowest BCUT2D eigenvalue weighted by atomic mass is 9.95. The van der Waals surface area contributed by atoms with Crippen LogP contribution < -0.4 is 10.1 Å². The molecule has 6 nitrogen and oxygen atoms in total. The zero-order chi connectivity index (χ0) is 19.2. The van der Waals surface area contributed by atoms with Crippen molar-refractivity contribution < 1.29 is 19.1 Å². The third kappa shape index (κ3) is 5.31. The fraction of sp³-hybridized carbons (Fsp3) is 0.571. The van der Waals surface area contributed by atoms with Gasteiger partial charge in [0.15, 0.2) is 0 Å². The molecule has 1 aliphatic carbocycles. The second kappa shape index (κ2) is 9.02.